The standard InChI is InChI=1S/C20H20O7/c1-24-17-9-10-18(25-2)20(26-3)15(17)7-8-16(21)13-5-4-6-14(11-13)27-12-19(22)23/h4-11H,12H2,1-3H3,(H,22,23). The predicted octanol–water partition coefficient (Wildman–Crippen LogP) is 3.07. The van der Waals surface area contributed by atoms with Crippen LogP contribution in [0.4, 0.5) is 0 Å². The molecule has 0 amide bonds. The molecule has 0 unspecified atom stereocenters. The van der Waals surface area contributed by atoms with E-state index in [1.807, 2.05) is 0 Å². The summed E-state index contributed by atoms with van der Waals surface area (Å²) in [5.41, 5.74) is 0.918. The van der Waals surface area contributed by atoms with E-state index in [4.69, 9.17) is 24.1 Å². The van der Waals surface area contributed by atoms with Gasteiger partial charge in [0.2, 0.25) is 0 Å². The lowest BCUT2D eigenvalue weighted by molar-refractivity contribution is -0.139. The Kier molecular flexibility index (Phi) is 6.82. The third-order valence-electron chi connectivity index (χ3n) is 3.65. The molecule has 2 aromatic carbocycles. The van der Waals surface area contributed by atoms with Crippen LogP contribution in [0.25, 0.3) is 6.08 Å². The molecule has 0 fully saturated rings. The molecule has 7 nitrogen and oxygen atoms in total. The fourth-order valence-corrected chi connectivity index (χ4v) is 2.41. The van der Waals surface area contributed by atoms with Gasteiger partial charge in [0.05, 0.1) is 26.9 Å². The minimum absolute atomic E-state index is 0.289. The number of allylic oxidation sites excluding steroid dienone is 1. The monoisotopic (exact) mass is 372 g/mol. The summed E-state index contributed by atoms with van der Waals surface area (Å²) in [6, 6.07) is 9.71. The smallest absolute Gasteiger partial charge is 0.341 e. The molecule has 0 aliphatic rings. The molecule has 0 bridgehead atoms. The molecule has 1 N–H and O–H groups in total. The average Bonchev–Trinajstić information content (AvgIpc) is 2.69. The summed E-state index contributed by atoms with van der Waals surface area (Å²) >= 11 is 0. The third-order valence-corrected chi connectivity index (χ3v) is 3.65. The average molecular weight is 372 g/mol. The first-order valence-electron chi connectivity index (χ1n) is 7.96. The maximum absolute atomic E-state index is 12.5. The number of ether oxygens (including phenoxy) is 4. The second kappa shape index (κ2) is 9.28. The molecule has 0 saturated heterocycles. The molecular weight excluding hydrogens is 352 g/mol. The van der Waals surface area contributed by atoms with Gasteiger partial charge in [-0.15, -0.1) is 0 Å². The molecule has 0 aliphatic heterocycles. The van der Waals surface area contributed by atoms with Crippen LogP contribution in [0, 0.1) is 0 Å². The number of ketones is 1. The van der Waals surface area contributed by atoms with Crippen LogP contribution in [-0.4, -0.2) is 44.8 Å². The van der Waals surface area contributed by atoms with Gasteiger partial charge in [0.1, 0.15) is 11.5 Å². The van der Waals surface area contributed by atoms with Gasteiger partial charge < -0.3 is 24.1 Å². The van der Waals surface area contributed by atoms with Gasteiger partial charge in [-0.25, -0.2) is 4.79 Å². The van der Waals surface area contributed by atoms with Crippen molar-refractivity contribution >= 4 is 17.8 Å². The van der Waals surface area contributed by atoms with Crippen LogP contribution in [0.15, 0.2) is 42.5 Å². The molecule has 0 heterocycles. The lowest BCUT2D eigenvalue weighted by atomic mass is 10.1. The van der Waals surface area contributed by atoms with Crippen LogP contribution >= 0.6 is 0 Å². The van der Waals surface area contributed by atoms with E-state index >= 15 is 0 Å². The van der Waals surface area contributed by atoms with Crippen molar-refractivity contribution < 1.29 is 33.6 Å². The molecule has 0 spiro atoms. The number of methoxy groups -OCH3 is 3. The van der Waals surface area contributed by atoms with Crippen LogP contribution in [0.1, 0.15) is 15.9 Å². The number of carbonyl (C=O) groups is 2. The number of hydrogen-bond donors (Lipinski definition) is 1. The molecule has 0 radical (unpaired) electrons. The summed E-state index contributed by atoms with van der Waals surface area (Å²) in [6.07, 6.45) is 2.95. The number of carbonyl (C=O) groups excluding carboxylic acids is 1. The summed E-state index contributed by atoms with van der Waals surface area (Å²) in [5.74, 6) is 0.392. The van der Waals surface area contributed by atoms with Crippen molar-refractivity contribution in [2.75, 3.05) is 27.9 Å². The van der Waals surface area contributed by atoms with Crippen molar-refractivity contribution in [3.63, 3.8) is 0 Å². The lowest BCUT2D eigenvalue weighted by Crippen LogP contribution is -2.09. The van der Waals surface area contributed by atoms with E-state index < -0.39 is 12.6 Å². The Balaban J connectivity index is 2.29. The molecule has 0 aliphatic carbocycles. The Labute approximate surface area is 156 Å². The third kappa shape index (κ3) is 5.01. The zero-order valence-corrected chi connectivity index (χ0v) is 15.2. The number of rotatable bonds is 9. The normalized spacial score (nSPS) is 10.5. The number of carboxylic acids is 1. The highest BCUT2D eigenvalue weighted by Gasteiger charge is 2.14. The predicted molar refractivity (Wildman–Crippen MR) is 99.0 cm³/mol. The first-order valence-corrected chi connectivity index (χ1v) is 7.96. The number of aliphatic carboxylic acids is 1. The first-order chi connectivity index (χ1) is 13.0. The maximum atomic E-state index is 12.5. The molecule has 2 aromatic rings. The van der Waals surface area contributed by atoms with Gasteiger partial charge in [0.25, 0.3) is 0 Å². The van der Waals surface area contributed by atoms with Gasteiger partial charge in [-0.05, 0) is 36.4 Å². The summed E-state index contributed by atoms with van der Waals surface area (Å²) in [5, 5.41) is 8.67. The quantitative estimate of drug-likeness (QED) is 0.534. The minimum Gasteiger partial charge on any atom is -0.496 e. The number of hydrogen-bond acceptors (Lipinski definition) is 6. The Hall–Kier alpha value is -3.48. The lowest BCUT2D eigenvalue weighted by Gasteiger charge is -2.13. The van der Waals surface area contributed by atoms with Crippen molar-refractivity contribution in [1.29, 1.82) is 0 Å². The van der Waals surface area contributed by atoms with Gasteiger partial charge >= 0.3 is 5.97 Å². The SMILES string of the molecule is COc1ccc(OC)c(OC)c1C=CC(=O)c1cccc(OCC(=O)O)c1. The van der Waals surface area contributed by atoms with Crippen molar-refractivity contribution in [2.45, 2.75) is 0 Å². The highest BCUT2D eigenvalue weighted by molar-refractivity contribution is 6.07. The summed E-state index contributed by atoms with van der Waals surface area (Å²) in [6.45, 7) is -0.480. The van der Waals surface area contributed by atoms with Crippen LogP contribution in [0.2, 0.25) is 0 Å². The fraction of sp³-hybridized carbons (Fsp3) is 0.200. The Morgan fingerprint density at radius 2 is 1.70 bits per heavy atom. The molecular formula is C20H20O7. The second-order valence-corrected chi connectivity index (χ2v) is 5.32. The molecule has 0 atom stereocenters. The van der Waals surface area contributed by atoms with Gasteiger partial charge in [0, 0.05) is 5.56 Å². The maximum Gasteiger partial charge on any atom is 0.341 e. The van der Waals surface area contributed by atoms with Crippen LogP contribution < -0.4 is 18.9 Å². The number of benzene rings is 2. The summed E-state index contributed by atoms with van der Waals surface area (Å²) in [4.78, 5) is 23.1. The van der Waals surface area contributed by atoms with Gasteiger partial charge in [-0.1, -0.05) is 12.1 Å². The minimum atomic E-state index is -1.09. The number of carboxylic acid groups (broad SMARTS) is 1. The summed E-state index contributed by atoms with van der Waals surface area (Å²) in [7, 11) is 4.54. The van der Waals surface area contributed by atoms with E-state index in [9.17, 15) is 9.59 Å². The van der Waals surface area contributed by atoms with E-state index in [2.05, 4.69) is 0 Å². The molecule has 0 saturated carbocycles. The van der Waals surface area contributed by atoms with Crippen LogP contribution in [0.3, 0.4) is 0 Å². The van der Waals surface area contributed by atoms with Gasteiger partial charge in [-0.2, -0.15) is 0 Å². The first kappa shape index (κ1) is 19.8. The van der Waals surface area contributed by atoms with E-state index in [1.54, 1.807) is 36.4 Å². The molecule has 0 aromatic heterocycles. The van der Waals surface area contributed by atoms with Crippen molar-refractivity contribution in [3.05, 3.63) is 53.6 Å². The second-order valence-electron chi connectivity index (χ2n) is 5.32. The highest BCUT2D eigenvalue weighted by atomic mass is 16.5. The molecule has 27 heavy (non-hydrogen) atoms. The zero-order chi connectivity index (χ0) is 19.8. The largest absolute Gasteiger partial charge is 0.496 e. The fourth-order valence-electron chi connectivity index (χ4n) is 2.41. The van der Waals surface area contributed by atoms with E-state index in [1.165, 1.54) is 33.5 Å². The zero-order valence-electron chi connectivity index (χ0n) is 15.2. The van der Waals surface area contributed by atoms with Crippen LogP contribution in [0.5, 0.6) is 23.0 Å². The highest BCUT2D eigenvalue weighted by Crippen LogP contribution is 2.38. The van der Waals surface area contributed by atoms with Crippen molar-refractivity contribution in [2.24, 2.45) is 0 Å². The van der Waals surface area contributed by atoms with Crippen LogP contribution in [-0.2, 0) is 4.79 Å². The Bertz CT molecular complexity index is 855. The topological polar surface area (TPSA) is 91.3 Å². The van der Waals surface area contributed by atoms with E-state index in [0.29, 0.717) is 34.1 Å². The molecule has 2 rings (SSSR count). The van der Waals surface area contributed by atoms with Crippen molar-refractivity contribution in [1.82, 2.24) is 0 Å². The molecule has 142 valence electrons. The Morgan fingerprint density at radius 1 is 1.00 bits per heavy atom. The van der Waals surface area contributed by atoms with Gasteiger partial charge in [0.15, 0.2) is 23.9 Å². The van der Waals surface area contributed by atoms with Crippen molar-refractivity contribution in [3.8, 4) is 23.0 Å². The van der Waals surface area contributed by atoms with E-state index in [0.717, 1.165) is 0 Å². The van der Waals surface area contributed by atoms with E-state index in [-0.39, 0.29) is 5.78 Å². The Morgan fingerprint density at radius 3 is 2.33 bits per heavy atom. The van der Waals surface area contributed by atoms with Gasteiger partial charge in [-0.3, -0.25) is 4.79 Å². The summed E-state index contributed by atoms with van der Waals surface area (Å²) < 4.78 is 21.1. The molecule has 7 heteroatoms.